The lowest BCUT2D eigenvalue weighted by atomic mass is 10.0. The molecule has 0 bridgehead atoms. The van der Waals surface area contributed by atoms with Crippen molar-refractivity contribution in [2.75, 3.05) is 6.54 Å². The van der Waals surface area contributed by atoms with Crippen molar-refractivity contribution in [2.45, 2.75) is 31.2 Å². The highest BCUT2D eigenvalue weighted by Crippen LogP contribution is 2.29. The molecular formula is C25H25ClN4O4. The largest absolute Gasteiger partial charge is 0.380 e. The van der Waals surface area contributed by atoms with E-state index in [-0.39, 0.29) is 6.54 Å². The van der Waals surface area contributed by atoms with Gasteiger partial charge in [-0.05, 0) is 48.4 Å². The number of hydrogen-bond acceptors (Lipinski definition) is 5. The van der Waals surface area contributed by atoms with Crippen molar-refractivity contribution in [3.05, 3.63) is 95.3 Å². The Morgan fingerprint density at radius 3 is 2.56 bits per heavy atom. The Kier molecular flexibility index (Phi) is 7.12. The quantitative estimate of drug-likeness (QED) is 0.450. The summed E-state index contributed by atoms with van der Waals surface area (Å²) >= 11 is 6.06. The van der Waals surface area contributed by atoms with Gasteiger partial charge in [0.1, 0.15) is 0 Å². The molecule has 9 heteroatoms. The van der Waals surface area contributed by atoms with E-state index < -0.39 is 36.1 Å². The van der Waals surface area contributed by atoms with Crippen molar-refractivity contribution >= 4 is 23.4 Å². The monoisotopic (exact) mass is 480 g/mol. The zero-order valence-corrected chi connectivity index (χ0v) is 19.2. The Balaban J connectivity index is 1.38. The van der Waals surface area contributed by atoms with Gasteiger partial charge >= 0.3 is 0 Å². The van der Waals surface area contributed by atoms with E-state index in [2.05, 4.69) is 10.4 Å². The van der Waals surface area contributed by atoms with Crippen LogP contribution in [0, 0.1) is 0 Å². The molecule has 0 radical (unpaired) electrons. The van der Waals surface area contributed by atoms with Crippen molar-refractivity contribution < 1.29 is 19.8 Å². The van der Waals surface area contributed by atoms with Crippen molar-refractivity contribution in [3.63, 3.8) is 0 Å². The predicted octanol–water partition coefficient (Wildman–Crippen LogP) is 2.56. The molecule has 2 amide bonds. The molecule has 0 saturated heterocycles. The molecule has 1 aliphatic heterocycles. The minimum absolute atomic E-state index is 0.250. The molecule has 34 heavy (non-hydrogen) atoms. The Bertz CT molecular complexity index is 1180. The number of carbonyl (C=O) groups excluding carboxylic acids is 2. The molecule has 3 aromatic rings. The van der Waals surface area contributed by atoms with Gasteiger partial charge in [0.2, 0.25) is 0 Å². The fraction of sp³-hybridized carbons (Fsp3) is 0.240. The van der Waals surface area contributed by atoms with Crippen molar-refractivity contribution in [1.82, 2.24) is 20.0 Å². The number of halogens is 1. The predicted molar refractivity (Wildman–Crippen MR) is 127 cm³/mol. The molecule has 4 atom stereocenters. The second-order valence-electron chi connectivity index (χ2n) is 8.08. The lowest BCUT2D eigenvalue weighted by Gasteiger charge is -2.29. The van der Waals surface area contributed by atoms with E-state index in [9.17, 15) is 19.8 Å². The van der Waals surface area contributed by atoms with E-state index in [1.54, 1.807) is 42.1 Å². The van der Waals surface area contributed by atoms with Gasteiger partial charge in [-0.15, -0.1) is 0 Å². The van der Waals surface area contributed by atoms with Gasteiger partial charge in [-0.3, -0.25) is 9.59 Å². The molecule has 8 nitrogen and oxygen atoms in total. The summed E-state index contributed by atoms with van der Waals surface area (Å²) in [7, 11) is 0. The van der Waals surface area contributed by atoms with E-state index in [0.29, 0.717) is 5.02 Å². The molecule has 3 N–H and O–H groups in total. The van der Waals surface area contributed by atoms with Crippen LogP contribution in [0.25, 0.3) is 5.69 Å². The average Bonchev–Trinajstić information content (AvgIpc) is 3.55. The molecule has 0 saturated carbocycles. The maximum atomic E-state index is 12.9. The van der Waals surface area contributed by atoms with Gasteiger partial charge in [-0.2, -0.15) is 5.10 Å². The second kappa shape index (κ2) is 10.2. The van der Waals surface area contributed by atoms with Crippen LogP contribution in [-0.2, 0) is 9.59 Å². The first kappa shape index (κ1) is 23.7. The fourth-order valence-corrected chi connectivity index (χ4v) is 4.10. The van der Waals surface area contributed by atoms with Crippen LogP contribution in [0.1, 0.15) is 30.1 Å². The summed E-state index contributed by atoms with van der Waals surface area (Å²) in [6.07, 6.45) is 3.28. The Morgan fingerprint density at radius 1 is 1.12 bits per heavy atom. The third-order valence-corrected chi connectivity index (χ3v) is 6.01. The van der Waals surface area contributed by atoms with Crippen LogP contribution < -0.4 is 5.32 Å². The van der Waals surface area contributed by atoms with Crippen LogP contribution in [0.4, 0.5) is 0 Å². The number of benzene rings is 2. The Morgan fingerprint density at radius 2 is 1.88 bits per heavy atom. The summed E-state index contributed by atoms with van der Waals surface area (Å²) in [5.41, 5.74) is 2.43. The highest BCUT2D eigenvalue weighted by Gasteiger charge is 2.37. The molecule has 2 aromatic carbocycles. The molecule has 1 aliphatic rings. The zero-order chi connectivity index (χ0) is 24.2. The molecule has 0 spiro atoms. The van der Waals surface area contributed by atoms with E-state index in [0.717, 1.165) is 16.8 Å². The van der Waals surface area contributed by atoms with Gasteiger partial charge in [0.25, 0.3) is 11.8 Å². The smallest absolute Gasteiger partial charge is 0.255 e. The lowest BCUT2D eigenvalue weighted by Crippen LogP contribution is -2.51. The van der Waals surface area contributed by atoms with E-state index in [1.807, 2.05) is 48.7 Å². The summed E-state index contributed by atoms with van der Waals surface area (Å²) < 4.78 is 1.71. The highest BCUT2D eigenvalue weighted by molar-refractivity contribution is 6.30. The normalized spacial score (nSPS) is 17.9. The summed E-state index contributed by atoms with van der Waals surface area (Å²) in [4.78, 5) is 26.9. The standard InChI is InChI=1S/C25H25ClN4O4/c1-16(17-8-10-20(11-9-17)30-14-4-12-27-30)28-24(33)22(31)23(32)25(34)29-13-3-7-21(29)18-5-2-6-19(26)15-18/h2-12,14-16,21-23,31-32H,13H2,1H3,(H,28,33)/t16-,21+,22-,23-/m1/s1. The fourth-order valence-electron chi connectivity index (χ4n) is 3.90. The first-order valence-corrected chi connectivity index (χ1v) is 11.2. The molecule has 0 fully saturated rings. The number of nitrogens with zero attached hydrogens (tertiary/aromatic N) is 3. The molecule has 176 valence electrons. The number of aromatic nitrogens is 2. The van der Waals surface area contributed by atoms with Crippen LogP contribution >= 0.6 is 11.6 Å². The summed E-state index contributed by atoms with van der Waals surface area (Å²) in [6, 6.07) is 15.4. The van der Waals surface area contributed by atoms with Crippen LogP contribution in [0.2, 0.25) is 5.02 Å². The van der Waals surface area contributed by atoms with Gasteiger partial charge in [0.15, 0.2) is 12.2 Å². The number of aliphatic hydroxyl groups excluding tert-OH is 2. The Labute approximate surface area is 202 Å². The minimum atomic E-state index is -1.92. The summed E-state index contributed by atoms with van der Waals surface area (Å²) in [5.74, 6) is -1.58. The topological polar surface area (TPSA) is 108 Å². The zero-order valence-electron chi connectivity index (χ0n) is 18.5. The van der Waals surface area contributed by atoms with E-state index in [4.69, 9.17) is 11.6 Å². The lowest BCUT2D eigenvalue weighted by molar-refractivity contribution is -0.153. The molecule has 0 unspecified atom stereocenters. The molecule has 2 heterocycles. The van der Waals surface area contributed by atoms with Gasteiger partial charge < -0.3 is 20.4 Å². The van der Waals surface area contributed by atoms with Crippen LogP contribution in [0.3, 0.4) is 0 Å². The number of amides is 2. The van der Waals surface area contributed by atoms with Crippen LogP contribution in [0.15, 0.2) is 79.1 Å². The van der Waals surface area contributed by atoms with Gasteiger partial charge in [-0.1, -0.05) is 48.0 Å². The maximum Gasteiger partial charge on any atom is 0.255 e. The maximum absolute atomic E-state index is 12.9. The van der Waals surface area contributed by atoms with Crippen molar-refractivity contribution in [1.29, 1.82) is 0 Å². The Hall–Kier alpha value is -3.46. The molecule has 0 aliphatic carbocycles. The van der Waals surface area contributed by atoms with E-state index in [1.165, 1.54) is 4.90 Å². The average molecular weight is 481 g/mol. The second-order valence-corrected chi connectivity index (χ2v) is 8.52. The van der Waals surface area contributed by atoms with Crippen molar-refractivity contribution in [3.8, 4) is 5.69 Å². The minimum Gasteiger partial charge on any atom is -0.380 e. The number of rotatable bonds is 7. The number of carbonyl (C=O) groups is 2. The van der Waals surface area contributed by atoms with Gasteiger partial charge in [0.05, 0.1) is 17.8 Å². The first-order valence-electron chi connectivity index (χ1n) is 10.8. The van der Waals surface area contributed by atoms with Gasteiger partial charge in [0, 0.05) is 24.0 Å². The third-order valence-electron chi connectivity index (χ3n) is 5.77. The molecule has 4 rings (SSSR count). The van der Waals surface area contributed by atoms with Crippen molar-refractivity contribution in [2.24, 2.45) is 0 Å². The number of aliphatic hydroxyl groups is 2. The molecule has 1 aromatic heterocycles. The van der Waals surface area contributed by atoms with E-state index >= 15 is 0 Å². The number of hydrogen-bond donors (Lipinski definition) is 3. The SMILES string of the molecule is C[C@@H](NC(=O)[C@H](O)[C@@H](O)C(=O)N1CC=C[C@H]1c1cccc(Cl)c1)c1ccc(-n2cccn2)cc1. The van der Waals surface area contributed by atoms with Crippen LogP contribution in [0.5, 0.6) is 0 Å². The summed E-state index contributed by atoms with van der Waals surface area (Å²) in [6.45, 7) is 2.00. The molecular weight excluding hydrogens is 456 g/mol. The van der Waals surface area contributed by atoms with Gasteiger partial charge in [-0.25, -0.2) is 4.68 Å². The number of nitrogens with one attached hydrogen (secondary N) is 1. The highest BCUT2D eigenvalue weighted by atomic mass is 35.5. The van der Waals surface area contributed by atoms with Crippen LogP contribution in [-0.4, -0.2) is 55.5 Å². The summed E-state index contributed by atoms with van der Waals surface area (Å²) in [5, 5.41) is 28.3. The first-order chi connectivity index (χ1) is 16.3. The third kappa shape index (κ3) is 5.04.